The molecule has 7 heteroatoms. The van der Waals surface area contributed by atoms with Crippen LogP contribution in [0.15, 0.2) is 36.4 Å². The standard InChI is InChI=1S/C24H23ClFNO4/c1-13-21(24(2,23(30)31)15-7-3-4-8-15)17-11-20(28)18(26)12-19(17)27(13)22(29)14-6-5-9-16(25)10-14/h5-6,9-12,15,28H,3-4,7-8H2,1-2H3,(H,30,31)/t24-/m1/s1. The number of carboxylic acids is 1. The number of hydrogen-bond donors (Lipinski definition) is 2. The van der Waals surface area contributed by atoms with Crippen LogP contribution < -0.4 is 0 Å². The number of halogens is 2. The van der Waals surface area contributed by atoms with Crippen molar-refractivity contribution in [2.45, 2.75) is 44.9 Å². The minimum atomic E-state index is -1.29. The molecule has 0 bridgehead atoms. The Balaban J connectivity index is 2.05. The number of carbonyl (C=O) groups excluding carboxylic acids is 1. The maximum Gasteiger partial charge on any atom is 0.314 e. The molecule has 4 rings (SSSR count). The van der Waals surface area contributed by atoms with Crippen molar-refractivity contribution in [3.05, 3.63) is 64.1 Å². The lowest BCUT2D eigenvalue weighted by molar-refractivity contribution is -0.145. The quantitative estimate of drug-likeness (QED) is 0.544. The van der Waals surface area contributed by atoms with E-state index >= 15 is 0 Å². The van der Waals surface area contributed by atoms with E-state index in [1.54, 1.807) is 32.0 Å². The van der Waals surface area contributed by atoms with Crippen LogP contribution in [0.25, 0.3) is 10.9 Å². The molecule has 31 heavy (non-hydrogen) atoms. The van der Waals surface area contributed by atoms with E-state index in [0.29, 0.717) is 27.2 Å². The van der Waals surface area contributed by atoms with Crippen LogP contribution in [-0.4, -0.2) is 26.7 Å². The lowest BCUT2D eigenvalue weighted by Gasteiger charge is -2.32. The molecule has 3 aromatic rings. The number of benzene rings is 2. The van der Waals surface area contributed by atoms with Crippen molar-refractivity contribution in [3.8, 4) is 5.75 Å². The fourth-order valence-electron chi connectivity index (χ4n) is 5.08. The van der Waals surface area contributed by atoms with Gasteiger partial charge in [-0.05, 0) is 62.4 Å². The summed E-state index contributed by atoms with van der Waals surface area (Å²) in [6.07, 6.45) is 3.38. The summed E-state index contributed by atoms with van der Waals surface area (Å²) in [4.78, 5) is 26.0. The summed E-state index contributed by atoms with van der Waals surface area (Å²) in [7, 11) is 0. The van der Waals surface area contributed by atoms with Crippen molar-refractivity contribution in [2.75, 3.05) is 0 Å². The third kappa shape index (κ3) is 3.30. The van der Waals surface area contributed by atoms with Gasteiger partial charge in [-0.3, -0.25) is 14.2 Å². The van der Waals surface area contributed by atoms with E-state index in [1.165, 1.54) is 16.7 Å². The van der Waals surface area contributed by atoms with E-state index < -0.39 is 28.9 Å². The van der Waals surface area contributed by atoms with Gasteiger partial charge in [0.15, 0.2) is 11.6 Å². The van der Waals surface area contributed by atoms with Gasteiger partial charge in [-0.1, -0.05) is 30.5 Å². The summed E-state index contributed by atoms with van der Waals surface area (Å²) in [5.41, 5.74) is 0.0845. The van der Waals surface area contributed by atoms with Crippen LogP contribution in [0.3, 0.4) is 0 Å². The zero-order valence-corrected chi connectivity index (χ0v) is 18.0. The van der Waals surface area contributed by atoms with Gasteiger partial charge < -0.3 is 10.2 Å². The Labute approximate surface area is 184 Å². The first-order valence-electron chi connectivity index (χ1n) is 10.2. The molecule has 2 aromatic carbocycles. The van der Waals surface area contributed by atoms with Gasteiger partial charge in [-0.25, -0.2) is 4.39 Å². The highest BCUT2D eigenvalue weighted by atomic mass is 35.5. The van der Waals surface area contributed by atoms with Gasteiger partial charge in [0.25, 0.3) is 5.91 Å². The highest BCUT2D eigenvalue weighted by Gasteiger charge is 2.47. The third-order valence-corrected chi connectivity index (χ3v) is 6.92. The van der Waals surface area contributed by atoms with Crippen molar-refractivity contribution in [1.29, 1.82) is 0 Å². The fourth-order valence-corrected chi connectivity index (χ4v) is 5.27. The molecule has 1 aliphatic rings. The molecule has 0 radical (unpaired) electrons. The Morgan fingerprint density at radius 3 is 2.48 bits per heavy atom. The zero-order valence-electron chi connectivity index (χ0n) is 17.3. The normalized spacial score (nSPS) is 16.5. The monoisotopic (exact) mass is 443 g/mol. The van der Waals surface area contributed by atoms with Crippen LogP contribution in [-0.2, 0) is 10.2 Å². The molecule has 1 aromatic heterocycles. The van der Waals surface area contributed by atoms with E-state index in [4.69, 9.17) is 11.6 Å². The smallest absolute Gasteiger partial charge is 0.314 e. The van der Waals surface area contributed by atoms with Gasteiger partial charge in [-0.15, -0.1) is 0 Å². The summed E-state index contributed by atoms with van der Waals surface area (Å²) in [5, 5.41) is 21.1. The summed E-state index contributed by atoms with van der Waals surface area (Å²) >= 11 is 6.05. The van der Waals surface area contributed by atoms with Gasteiger partial charge in [0.05, 0.1) is 10.9 Å². The van der Waals surface area contributed by atoms with Gasteiger partial charge >= 0.3 is 5.97 Å². The van der Waals surface area contributed by atoms with E-state index in [2.05, 4.69) is 0 Å². The number of hydrogen-bond acceptors (Lipinski definition) is 3. The molecule has 0 aliphatic heterocycles. The largest absolute Gasteiger partial charge is 0.505 e. The number of phenolic OH excluding ortho intramolecular Hbond substituents is 1. The summed E-state index contributed by atoms with van der Waals surface area (Å²) in [6, 6.07) is 8.71. The maximum atomic E-state index is 14.3. The highest BCUT2D eigenvalue weighted by Crippen LogP contribution is 2.47. The number of nitrogens with zero attached hydrogens (tertiary/aromatic N) is 1. The Kier molecular flexibility index (Phi) is 5.30. The van der Waals surface area contributed by atoms with Crippen molar-refractivity contribution >= 4 is 34.4 Å². The lowest BCUT2D eigenvalue weighted by atomic mass is 9.70. The van der Waals surface area contributed by atoms with Gasteiger partial charge in [0, 0.05) is 27.7 Å². The number of aliphatic carboxylic acids is 1. The predicted molar refractivity (Wildman–Crippen MR) is 116 cm³/mol. The van der Waals surface area contributed by atoms with E-state index in [9.17, 15) is 24.2 Å². The topological polar surface area (TPSA) is 79.5 Å². The molecular weight excluding hydrogens is 421 g/mol. The summed E-state index contributed by atoms with van der Waals surface area (Å²) in [6.45, 7) is 3.34. The van der Waals surface area contributed by atoms with Crippen molar-refractivity contribution in [3.63, 3.8) is 0 Å². The molecule has 0 amide bonds. The zero-order chi connectivity index (χ0) is 22.5. The third-order valence-electron chi connectivity index (χ3n) is 6.68. The number of phenols is 1. The van der Waals surface area contributed by atoms with E-state index in [1.807, 2.05) is 0 Å². The molecule has 1 aliphatic carbocycles. The number of carbonyl (C=O) groups is 2. The minimum Gasteiger partial charge on any atom is -0.505 e. The van der Waals surface area contributed by atoms with Crippen LogP contribution in [0.1, 0.15) is 54.2 Å². The van der Waals surface area contributed by atoms with Crippen LogP contribution in [0.5, 0.6) is 5.75 Å². The molecule has 0 unspecified atom stereocenters. The predicted octanol–water partition coefficient (Wildman–Crippen LogP) is 5.67. The first-order valence-corrected chi connectivity index (χ1v) is 10.6. The van der Waals surface area contributed by atoms with Crippen molar-refractivity contribution < 1.29 is 24.2 Å². The molecule has 1 heterocycles. The Morgan fingerprint density at radius 1 is 1.19 bits per heavy atom. The average Bonchev–Trinajstić information content (AvgIpc) is 3.34. The van der Waals surface area contributed by atoms with Crippen LogP contribution in [0.2, 0.25) is 5.02 Å². The molecule has 1 atom stereocenters. The van der Waals surface area contributed by atoms with Gasteiger partial charge in [0.1, 0.15) is 0 Å². The first kappa shape index (κ1) is 21.4. The number of rotatable bonds is 4. The maximum absolute atomic E-state index is 14.3. The number of fused-ring (bicyclic) bond motifs is 1. The van der Waals surface area contributed by atoms with Crippen molar-refractivity contribution in [1.82, 2.24) is 4.57 Å². The molecule has 1 saturated carbocycles. The first-order chi connectivity index (χ1) is 14.7. The van der Waals surface area contributed by atoms with Gasteiger partial charge in [-0.2, -0.15) is 0 Å². The molecule has 2 N–H and O–H groups in total. The average molecular weight is 444 g/mol. The number of aromatic hydroxyl groups is 1. The number of carboxylic acid groups (broad SMARTS) is 1. The SMILES string of the molecule is Cc1c([C@](C)(C(=O)O)C2CCCC2)c2cc(O)c(F)cc2n1C(=O)c1cccc(Cl)c1. The molecular formula is C24H23ClFNO4. The lowest BCUT2D eigenvalue weighted by Crippen LogP contribution is -2.40. The van der Waals surface area contributed by atoms with Crippen LogP contribution in [0.4, 0.5) is 4.39 Å². The second kappa shape index (κ2) is 7.68. The number of aromatic nitrogens is 1. The van der Waals surface area contributed by atoms with E-state index in [-0.39, 0.29) is 11.4 Å². The second-order valence-electron chi connectivity index (χ2n) is 8.42. The summed E-state index contributed by atoms with van der Waals surface area (Å²) < 4.78 is 15.7. The molecule has 162 valence electrons. The molecule has 0 spiro atoms. The van der Waals surface area contributed by atoms with Crippen molar-refractivity contribution in [2.24, 2.45) is 5.92 Å². The van der Waals surface area contributed by atoms with E-state index in [0.717, 1.165) is 31.7 Å². The molecule has 1 fully saturated rings. The molecule has 5 nitrogen and oxygen atoms in total. The van der Waals surface area contributed by atoms with Gasteiger partial charge in [0.2, 0.25) is 0 Å². The Morgan fingerprint density at radius 2 is 1.87 bits per heavy atom. The minimum absolute atomic E-state index is 0.129. The molecule has 0 saturated heterocycles. The van der Waals surface area contributed by atoms with Crippen LogP contribution in [0, 0.1) is 18.7 Å². The Hall–Kier alpha value is -2.86. The summed E-state index contributed by atoms with van der Waals surface area (Å²) in [5.74, 6) is -3.04. The Bertz CT molecular complexity index is 1210. The second-order valence-corrected chi connectivity index (χ2v) is 8.86. The van der Waals surface area contributed by atoms with Crippen LogP contribution >= 0.6 is 11.6 Å². The highest BCUT2D eigenvalue weighted by molar-refractivity contribution is 6.31. The fraction of sp³-hybridized carbons (Fsp3) is 0.333.